The fraction of sp³-hybridized carbons (Fsp3) is 0.733. The lowest BCUT2D eigenvalue weighted by Gasteiger charge is -2.56. The lowest BCUT2D eigenvalue weighted by molar-refractivity contribution is -0.0503. The molecule has 0 spiro atoms. The molecule has 5 rings (SSSR count). The van der Waals surface area contributed by atoms with Crippen LogP contribution in [0.15, 0.2) is 5.38 Å². The highest BCUT2D eigenvalue weighted by atomic mass is 32.1. The fourth-order valence-corrected chi connectivity index (χ4v) is 5.80. The van der Waals surface area contributed by atoms with Crippen LogP contribution < -0.4 is 11.1 Å². The number of amides is 1. The van der Waals surface area contributed by atoms with Gasteiger partial charge in [-0.3, -0.25) is 4.79 Å². The third kappa shape index (κ3) is 2.12. The van der Waals surface area contributed by atoms with Gasteiger partial charge in [0.2, 0.25) is 0 Å². The number of nitrogens with two attached hydrogens (primary N) is 1. The molecule has 0 saturated heterocycles. The SMILES string of the molecule is Nc1nc(C(=O)NCC23CC4CC(CC(C4)C2)C3)cs1. The first-order chi connectivity index (χ1) is 9.62. The number of carbonyl (C=O) groups excluding carboxylic acids is 1. The highest BCUT2D eigenvalue weighted by Gasteiger charge is 2.50. The zero-order chi connectivity index (χ0) is 13.7. The molecule has 1 aromatic rings. The van der Waals surface area contributed by atoms with Gasteiger partial charge in [0.05, 0.1) is 0 Å². The van der Waals surface area contributed by atoms with Crippen molar-refractivity contribution in [2.75, 3.05) is 12.3 Å². The van der Waals surface area contributed by atoms with Gasteiger partial charge in [-0.25, -0.2) is 4.98 Å². The number of thiazole rings is 1. The fourth-order valence-electron chi connectivity index (χ4n) is 5.26. The molecule has 4 fully saturated rings. The van der Waals surface area contributed by atoms with E-state index in [1.54, 1.807) is 5.38 Å². The number of aromatic nitrogens is 1. The van der Waals surface area contributed by atoms with Gasteiger partial charge < -0.3 is 11.1 Å². The molecule has 4 aliphatic rings. The Kier molecular flexibility index (Phi) is 2.81. The molecular formula is C15H21N3OS. The second-order valence-electron chi connectivity index (χ2n) is 7.17. The molecule has 20 heavy (non-hydrogen) atoms. The molecule has 1 aromatic heterocycles. The van der Waals surface area contributed by atoms with Crippen LogP contribution in [0.5, 0.6) is 0 Å². The molecular weight excluding hydrogens is 270 g/mol. The number of rotatable bonds is 3. The lowest BCUT2D eigenvalue weighted by atomic mass is 9.49. The largest absolute Gasteiger partial charge is 0.375 e. The molecule has 0 unspecified atom stereocenters. The second kappa shape index (κ2) is 4.45. The van der Waals surface area contributed by atoms with Crippen LogP contribution in [0.25, 0.3) is 0 Å². The van der Waals surface area contributed by atoms with E-state index in [0.29, 0.717) is 16.2 Å². The quantitative estimate of drug-likeness (QED) is 0.899. The Morgan fingerprint density at radius 3 is 2.40 bits per heavy atom. The third-order valence-corrected chi connectivity index (χ3v) is 6.22. The van der Waals surface area contributed by atoms with Gasteiger partial charge in [0, 0.05) is 11.9 Å². The Morgan fingerprint density at radius 2 is 1.90 bits per heavy atom. The average molecular weight is 291 g/mol. The number of hydrogen-bond acceptors (Lipinski definition) is 4. The summed E-state index contributed by atoms with van der Waals surface area (Å²) in [4.78, 5) is 16.2. The molecule has 1 amide bonds. The van der Waals surface area contributed by atoms with Crippen LogP contribution in [0, 0.1) is 23.2 Å². The highest BCUT2D eigenvalue weighted by molar-refractivity contribution is 7.13. The summed E-state index contributed by atoms with van der Waals surface area (Å²) in [6, 6.07) is 0. The molecule has 0 atom stereocenters. The average Bonchev–Trinajstić information content (AvgIpc) is 2.81. The predicted molar refractivity (Wildman–Crippen MR) is 79.5 cm³/mol. The maximum atomic E-state index is 12.1. The van der Waals surface area contributed by atoms with Crippen molar-refractivity contribution >= 4 is 22.4 Å². The Morgan fingerprint density at radius 1 is 1.30 bits per heavy atom. The number of anilines is 1. The van der Waals surface area contributed by atoms with Crippen molar-refractivity contribution in [3.05, 3.63) is 11.1 Å². The van der Waals surface area contributed by atoms with Gasteiger partial charge in [-0.2, -0.15) is 0 Å². The van der Waals surface area contributed by atoms with Crippen molar-refractivity contribution < 1.29 is 4.79 Å². The first kappa shape index (κ1) is 12.6. The molecule has 0 aliphatic heterocycles. The van der Waals surface area contributed by atoms with Gasteiger partial charge in [0.15, 0.2) is 5.13 Å². The second-order valence-corrected chi connectivity index (χ2v) is 8.06. The molecule has 5 heteroatoms. The Labute approximate surface area is 123 Å². The van der Waals surface area contributed by atoms with Crippen LogP contribution in [0.1, 0.15) is 49.0 Å². The molecule has 108 valence electrons. The van der Waals surface area contributed by atoms with Gasteiger partial charge in [-0.15, -0.1) is 11.3 Å². The molecule has 3 N–H and O–H groups in total. The minimum Gasteiger partial charge on any atom is -0.375 e. The number of nitrogens with one attached hydrogen (secondary N) is 1. The van der Waals surface area contributed by atoms with Gasteiger partial charge in [0.1, 0.15) is 5.69 Å². The van der Waals surface area contributed by atoms with E-state index in [4.69, 9.17) is 5.73 Å². The molecule has 4 bridgehead atoms. The molecule has 4 aliphatic carbocycles. The Bertz CT molecular complexity index is 504. The topological polar surface area (TPSA) is 68.0 Å². The van der Waals surface area contributed by atoms with E-state index in [9.17, 15) is 4.79 Å². The van der Waals surface area contributed by atoms with E-state index in [-0.39, 0.29) is 5.91 Å². The Hall–Kier alpha value is -1.10. The standard InChI is InChI=1S/C15H21N3OS/c16-14-18-12(7-20-14)13(19)17-8-15-4-9-1-10(5-15)3-11(2-9)6-15/h7,9-11H,1-6,8H2,(H2,16,18)(H,17,19). The summed E-state index contributed by atoms with van der Waals surface area (Å²) in [7, 11) is 0. The van der Waals surface area contributed by atoms with Gasteiger partial charge in [-0.1, -0.05) is 0 Å². The summed E-state index contributed by atoms with van der Waals surface area (Å²) in [6.07, 6.45) is 8.27. The predicted octanol–water partition coefficient (Wildman–Crippen LogP) is 2.67. The van der Waals surface area contributed by atoms with E-state index in [0.717, 1.165) is 24.3 Å². The Balaban J connectivity index is 1.43. The summed E-state index contributed by atoms with van der Waals surface area (Å²) in [5.41, 5.74) is 6.44. The van der Waals surface area contributed by atoms with Crippen LogP contribution in [-0.2, 0) is 0 Å². The highest BCUT2D eigenvalue weighted by Crippen LogP contribution is 2.59. The van der Waals surface area contributed by atoms with Gasteiger partial charge in [0.25, 0.3) is 5.91 Å². The maximum absolute atomic E-state index is 12.1. The van der Waals surface area contributed by atoms with Crippen LogP contribution in [0.4, 0.5) is 5.13 Å². The maximum Gasteiger partial charge on any atom is 0.270 e. The number of carbonyl (C=O) groups is 1. The number of hydrogen-bond donors (Lipinski definition) is 2. The van der Waals surface area contributed by atoms with Crippen molar-refractivity contribution in [1.29, 1.82) is 0 Å². The van der Waals surface area contributed by atoms with Gasteiger partial charge in [-0.05, 0) is 61.7 Å². The monoisotopic (exact) mass is 291 g/mol. The van der Waals surface area contributed by atoms with Crippen molar-refractivity contribution in [3.63, 3.8) is 0 Å². The molecule has 4 nitrogen and oxygen atoms in total. The summed E-state index contributed by atoms with van der Waals surface area (Å²) in [5.74, 6) is 2.71. The van der Waals surface area contributed by atoms with Gasteiger partial charge >= 0.3 is 0 Å². The molecule has 4 saturated carbocycles. The van der Waals surface area contributed by atoms with E-state index < -0.39 is 0 Å². The molecule has 1 heterocycles. The van der Waals surface area contributed by atoms with E-state index in [2.05, 4.69) is 10.3 Å². The van der Waals surface area contributed by atoms with E-state index in [1.807, 2.05) is 0 Å². The smallest absolute Gasteiger partial charge is 0.270 e. The zero-order valence-corrected chi connectivity index (χ0v) is 12.4. The van der Waals surface area contributed by atoms with Crippen molar-refractivity contribution in [2.24, 2.45) is 23.2 Å². The minimum atomic E-state index is -0.0614. The van der Waals surface area contributed by atoms with E-state index >= 15 is 0 Å². The van der Waals surface area contributed by atoms with Crippen molar-refractivity contribution in [2.45, 2.75) is 38.5 Å². The van der Waals surface area contributed by atoms with E-state index in [1.165, 1.54) is 49.9 Å². The summed E-state index contributed by atoms with van der Waals surface area (Å²) in [5, 5.41) is 5.32. The zero-order valence-electron chi connectivity index (χ0n) is 11.6. The normalized spacial score (nSPS) is 38.1. The summed E-state index contributed by atoms with van der Waals surface area (Å²) < 4.78 is 0. The first-order valence-electron chi connectivity index (χ1n) is 7.61. The van der Waals surface area contributed by atoms with Crippen molar-refractivity contribution in [1.82, 2.24) is 10.3 Å². The molecule has 0 aromatic carbocycles. The summed E-state index contributed by atoms with van der Waals surface area (Å²) in [6.45, 7) is 0.826. The lowest BCUT2D eigenvalue weighted by Crippen LogP contribution is -2.51. The number of nitrogens with zero attached hydrogens (tertiary/aromatic N) is 1. The van der Waals surface area contributed by atoms with Crippen LogP contribution in [-0.4, -0.2) is 17.4 Å². The third-order valence-electron chi connectivity index (χ3n) is 5.54. The first-order valence-corrected chi connectivity index (χ1v) is 8.49. The van der Waals surface area contributed by atoms with Crippen LogP contribution in [0.2, 0.25) is 0 Å². The number of nitrogen functional groups attached to an aromatic ring is 1. The van der Waals surface area contributed by atoms with Crippen LogP contribution >= 0.6 is 11.3 Å². The minimum absolute atomic E-state index is 0.0614. The van der Waals surface area contributed by atoms with Crippen LogP contribution in [0.3, 0.4) is 0 Å². The summed E-state index contributed by atoms with van der Waals surface area (Å²) >= 11 is 1.32. The molecule has 0 radical (unpaired) electrons. The van der Waals surface area contributed by atoms with Crippen molar-refractivity contribution in [3.8, 4) is 0 Å².